The highest BCUT2D eigenvalue weighted by Crippen LogP contribution is 2.42. The van der Waals surface area contributed by atoms with Crippen LogP contribution in [-0.4, -0.2) is 5.11 Å². The Kier molecular flexibility index (Phi) is 13.0. The summed E-state index contributed by atoms with van der Waals surface area (Å²) in [7, 11) is 0. The molecule has 1 aromatic carbocycles. The predicted octanol–water partition coefficient (Wildman–Crippen LogP) is 10.6. The molecule has 1 aromatic rings. The van der Waals surface area contributed by atoms with Crippen molar-refractivity contribution in [1.82, 2.24) is 0 Å². The average Bonchev–Trinajstić information content (AvgIpc) is 2.70. The molecule has 0 saturated carbocycles. The second-order valence-corrected chi connectivity index (χ2v) is 12.2. The minimum absolute atomic E-state index is 0.0472. The highest BCUT2D eigenvalue weighted by atomic mass is 16.3. The van der Waals surface area contributed by atoms with Crippen molar-refractivity contribution >= 4 is 0 Å². The first-order valence-electron chi connectivity index (χ1n) is 13.9. The van der Waals surface area contributed by atoms with E-state index in [2.05, 4.69) is 67.5 Å². The molecule has 1 unspecified atom stereocenters. The van der Waals surface area contributed by atoms with Gasteiger partial charge < -0.3 is 5.11 Å². The standard InChI is InChI=1S/C31H56O/c1-9-11-12-13-14-15-16-17-18-19-20-21-22-25(10-2)26-23-27(30(3,4)5)29(32)28(24-26)31(6,7)8/h23-25,32H,9-22H2,1-8H3. The Morgan fingerprint density at radius 3 is 1.34 bits per heavy atom. The van der Waals surface area contributed by atoms with E-state index < -0.39 is 0 Å². The molecule has 0 aliphatic carbocycles. The number of aromatic hydroxyl groups is 1. The lowest BCUT2D eigenvalue weighted by atomic mass is 9.76. The minimum atomic E-state index is -0.0472. The molecule has 1 atom stereocenters. The van der Waals surface area contributed by atoms with Crippen LogP contribution < -0.4 is 0 Å². The van der Waals surface area contributed by atoms with E-state index in [1.165, 1.54) is 95.5 Å². The molecule has 0 fully saturated rings. The Labute approximate surface area is 201 Å². The van der Waals surface area contributed by atoms with Gasteiger partial charge in [-0.05, 0) is 46.3 Å². The Hall–Kier alpha value is -0.980. The SMILES string of the molecule is CCCCCCCCCCCCCCC(CC)c1cc(C(C)(C)C)c(O)c(C(C)(C)C)c1. The fourth-order valence-corrected chi connectivity index (χ4v) is 4.87. The maximum atomic E-state index is 11.0. The molecule has 0 aliphatic heterocycles. The summed E-state index contributed by atoms with van der Waals surface area (Å²) in [5.74, 6) is 1.11. The molecule has 186 valence electrons. The van der Waals surface area contributed by atoms with Crippen LogP contribution in [-0.2, 0) is 10.8 Å². The van der Waals surface area contributed by atoms with Crippen LogP contribution in [0.3, 0.4) is 0 Å². The van der Waals surface area contributed by atoms with Crippen molar-refractivity contribution in [2.75, 3.05) is 0 Å². The first-order valence-corrected chi connectivity index (χ1v) is 13.9. The maximum Gasteiger partial charge on any atom is 0.123 e. The largest absolute Gasteiger partial charge is 0.507 e. The lowest BCUT2D eigenvalue weighted by molar-refractivity contribution is 0.421. The second-order valence-electron chi connectivity index (χ2n) is 12.2. The van der Waals surface area contributed by atoms with Gasteiger partial charge in [0.25, 0.3) is 0 Å². The van der Waals surface area contributed by atoms with Gasteiger partial charge in [0.2, 0.25) is 0 Å². The Morgan fingerprint density at radius 2 is 1.00 bits per heavy atom. The molecule has 0 saturated heterocycles. The number of hydrogen-bond donors (Lipinski definition) is 1. The summed E-state index contributed by atoms with van der Waals surface area (Å²) in [6.07, 6.45) is 19.3. The number of unbranched alkanes of at least 4 members (excludes halogenated alkanes) is 11. The smallest absolute Gasteiger partial charge is 0.123 e. The Bertz CT molecular complexity index is 594. The molecule has 0 amide bonds. The quantitative estimate of drug-likeness (QED) is 0.267. The van der Waals surface area contributed by atoms with Crippen molar-refractivity contribution in [3.8, 4) is 5.75 Å². The summed E-state index contributed by atoms with van der Waals surface area (Å²) in [6.45, 7) is 17.9. The van der Waals surface area contributed by atoms with E-state index in [-0.39, 0.29) is 10.8 Å². The normalized spacial score (nSPS) is 13.5. The average molecular weight is 445 g/mol. The van der Waals surface area contributed by atoms with Crippen LogP contribution in [0.25, 0.3) is 0 Å². The number of phenols is 1. The van der Waals surface area contributed by atoms with Gasteiger partial charge in [0.1, 0.15) is 5.75 Å². The maximum absolute atomic E-state index is 11.0. The van der Waals surface area contributed by atoms with E-state index in [4.69, 9.17) is 0 Å². The zero-order valence-corrected chi connectivity index (χ0v) is 23.1. The van der Waals surface area contributed by atoms with E-state index in [1.54, 1.807) is 0 Å². The van der Waals surface area contributed by atoms with Crippen molar-refractivity contribution in [2.45, 2.75) is 162 Å². The van der Waals surface area contributed by atoms with Gasteiger partial charge in [-0.15, -0.1) is 0 Å². The molecule has 0 bridgehead atoms. The summed E-state index contributed by atoms with van der Waals surface area (Å²) in [6, 6.07) is 4.61. The Morgan fingerprint density at radius 1 is 0.625 bits per heavy atom. The summed E-state index contributed by atoms with van der Waals surface area (Å²) in [5.41, 5.74) is 3.55. The van der Waals surface area contributed by atoms with Gasteiger partial charge in [-0.25, -0.2) is 0 Å². The van der Waals surface area contributed by atoms with Crippen molar-refractivity contribution in [1.29, 1.82) is 0 Å². The van der Waals surface area contributed by atoms with Gasteiger partial charge in [0.15, 0.2) is 0 Å². The van der Waals surface area contributed by atoms with E-state index >= 15 is 0 Å². The molecule has 0 heterocycles. The van der Waals surface area contributed by atoms with E-state index in [1.807, 2.05) is 0 Å². The first kappa shape index (κ1) is 29.1. The lowest BCUT2D eigenvalue weighted by Gasteiger charge is -2.30. The van der Waals surface area contributed by atoms with Crippen LogP contribution in [0.2, 0.25) is 0 Å². The highest BCUT2D eigenvalue weighted by Gasteiger charge is 2.27. The minimum Gasteiger partial charge on any atom is -0.507 e. The molecular weight excluding hydrogens is 388 g/mol. The van der Waals surface area contributed by atoms with Crippen molar-refractivity contribution < 1.29 is 5.11 Å². The first-order chi connectivity index (χ1) is 15.0. The summed E-state index contributed by atoms with van der Waals surface area (Å²) >= 11 is 0. The van der Waals surface area contributed by atoms with Crippen molar-refractivity contribution in [3.05, 3.63) is 28.8 Å². The van der Waals surface area contributed by atoms with Crippen LogP contribution in [0.15, 0.2) is 12.1 Å². The fraction of sp³-hybridized carbons (Fsp3) is 0.806. The zero-order chi connectivity index (χ0) is 24.2. The molecule has 32 heavy (non-hydrogen) atoms. The van der Waals surface area contributed by atoms with Crippen molar-refractivity contribution in [3.63, 3.8) is 0 Å². The monoisotopic (exact) mass is 444 g/mol. The number of benzene rings is 1. The fourth-order valence-electron chi connectivity index (χ4n) is 4.87. The molecule has 1 N–H and O–H groups in total. The molecule has 1 nitrogen and oxygen atoms in total. The van der Waals surface area contributed by atoms with Gasteiger partial charge in [-0.2, -0.15) is 0 Å². The molecular formula is C31H56O. The molecule has 0 spiro atoms. The topological polar surface area (TPSA) is 20.2 Å². The summed E-state index contributed by atoms with van der Waals surface area (Å²) in [5, 5.41) is 11.0. The van der Waals surface area contributed by atoms with Crippen LogP contribution in [0.5, 0.6) is 5.75 Å². The van der Waals surface area contributed by atoms with Crippen LogP contribution in [0.4, 0.5) is 0 Å². The number of phenolic OH excluding ortho intramolecular Hbond substituents is 1. The van der Waals surface area contributed by atoms with Crippen LogP contribution in [0.1, 0.15) is 168 Å². The molecule has 1 rings (SSSR count). The van der Waals surface area contributed by atoms with Gasteiger partial charge in [0.05, 0.1) is 0 Å². The van der Waals surface area contributed by atoms with Crippen molar-refractivity contribution in [2.24, 2.45) is 0 Å². The van der Waals surface area contributed by atoms with Gasteiger partial charge in [-0.1, -0.05) is 145 Å². The molecule has 0 radical (unpaired) electrons. The van der Waals surface area contributed by atoms with Crippen LogP contribution >= 0.6 is 0 Å². The zero-order valence-electron chi connectivity index (χ0n) is 23.1. The molecule has 0 aromatic heterocycles. The van der Waals surface area contributed by atoms with E-state index in [0.29, 0.717) is 11.7 Å². The number of hydrogen-bond acceptors (Lipinski definition) is 1. The highest BCUT2D eigenvalue weighted by molar-refractivity contribution is 5.50. The second kappa shape index (κ2) is 14.3. The van der Waals surface area contributed by atoms with Gasteiger partial charge in [0, 0.05) is 0 Å². The third kappa shape index (κ3) is 10.3. The third-order valence-electron chi connectivity index (χ3n) is 7.12. The van der Waals surface area contributed by atoms with E-state index in [9.17, 15) is 5.11 Å². The molecule has 1 heteroatoms. The molecule has 0 aliphatic rings. The lowest BCUT2D eigenvalue weighted by Crippen LogP contribution is -2.18. The summed E-state index contributed by atoms with van der Waals surface area (Å²) in [4.78, 5) is 0. The predicted molar refractivity (Wildman–Crippen MR) is 144 cm³/mol. The van der Waals surface area contributed by atoms with Gasteiger partial charge >= 0.3 is 0 Å². The third-order valence-corrected chi connectivity index (χ3v) is 7.12. The number of rotatable bonds is 15. The Balaban J connectivity index is 2.53. The summed E-state index contributed by atoms with van der Waals surface area (Å²) < 4.78 is 0. The van der Waals surface area contributed by atoms with Gasteiger partial charge in [-0.3, -0.25) is 0 Å². The van der Waals surface area contributed by atoms with E-state index in [0.717, 1.165) is 11.1 Å². The van der Waals surface area contributed by atoms with Crippen LogP contribution in [0, 0.1) is 0 Å².